The molecule has 1 aliphatic rings. The summed E-state index contributed by atoms with van der Waals surface area (Å²) < 4.78 is 10.8. The number of nitrogens with zero attached hydrogens (tertiary/aromatic N) is 3. The van der Waals surface area contributed by atoms with Crippen molar-refractivity contribution in [1.29, 1.82) is 5.26 Å². The van der Waals surface area contributed by atoms with E-state index in [1.54, 1.807) is 13.3 Å². The first-order valence-corrected chi connectivity index (χ1v) is 8.97. The Hall–Kier alpha value is -2.81. The van der Waals surface area contributed by atoms with E-state index in [0.29, 0.717) is 23.6 Å². The van der Waals surface area contributed by atoms with Gasteiger partial charge in [0.2, 0.25) is 11.8 Å². The molecule has 0 atom stereocenters. The van der Waals surface area contributed by atoms with Gasteiger partial charge in [0.05, 0.1) is 12.7 Å². The molecule has 26 heavy (non-hydrogen) atoms. The molecule has 1 N–H and O–H groups in total. The van der Waals surface area contributed by atoms with Gasteiger partial charge in [0.25, 0.3) is 0 Å². The highest BCUT2D eigenvalue weighted by Crippen LogP contribution is 2.31. The van der Waals surface area contributed by atoms with E-state index in [9.17, 15) is 0 Å². The molecule has 1 saturated carbocycles. The summed E-state index contributed by atoms with van der Waals surface area (Å²) in [7, 11) is 1.61. The third-order valence-electron chi connectivity index (χ3n) is 4.76. The highest BCUT2D eigenvalue weighted by Gasteiger charge is 2.19. The topological polar surface area (TPSA) is 80.1 Å². The molecular weight excluding hydrogens is 328 g/mol. The van der Waals surface area contributed by atoms with E-state index in [1.165, 1.54) is 12.8 Å². The van der Waals surface area contributed by atoms with Crippen molar-refractivity contribution >= 4 is 5.95 Å². The normalized spacial score (nSPS) is 19.4. The standard InChI is InChI=1S/C20H24N4O2/c1-14-3-7-16(8-4-14)23-20-22-13-18(19(24-20)25-2)15-5-9-17(10-6-15)26-12-11-21/h5-6,9-10,13-14,16H,3-4,7-8,12H2,1-2H3,(H,22,23,24). The number of hydrogen-bond donors (Lipinski definition) is 1. The Labute approximate surface area is 154 Å². The lowest BCUT2D eigenvalue weighted by atomic mass is 9.87. The zero-order valence-corrected chi connectivity index (χ0v) is 15.2. The van der Waals surface area contributed by atoms with Crippen LogP contribution in [0.4, 0.5) is 5.95 Å². The maximum atomic E-state index is 8.57. The number of ether oxygens (including phenoxy) is 2. The minimum Gasteiger partial charge on any atom is -0.480 e. The lowest BCUT2D eigenvalue weighted by molar-refractivity contribution is 0.359. The average molecular weight is 352 g/mol. The molecule has 2 aromatic rings. The van der Waals surface area contributed by atoms with Crippen molar-refractivity contribution in [3.05, 3.63) is 30.5 Å². The van der Waals surface area contributed by atoms with E-state index < -0.39 is 0 Å². The Balaban J connectivity index is 1.73. The van der Waals surface area contributed by atoms with Crippen LogP contribution in [-0.2, 0) is 0 Å². The molecule has 1 aromatic carbocycles. The Morgan fingerprint density at radius 2 is 1.92 bits per heavy atom. The second-order valence-electron chi connectivity index (χ2n) is 6.69. The smallest absolute Gasteiger partial charge is 0.226 e. The predicted octanol–water partition coefficient (Wildman–Crippen LogP) is 4.05. The van der Waals surface area contributed by atoms with Crippen LogP contribution in [0.25, 0.3) is 11.1 Å². The maximum absolute atomic E-state index is 8.57. The summed E-state index contributed by atoms with van der Waals surface area (Å²) in [6.45, 7) is 2.34. The average Bonchev–Trinajstić information content (AvgIpc) is 2.68. The molecular formula is C20H24N4O2. The number of hydrogen-bond acceptors (Lipinski definition) is 6. The Morgan fingerprint density at radius 1 is 1.19 bits per heavy atom. The molecule has 3 rings (SSSR count). The van der Waals surface area contributed by atoms with Crippen molar-refractivity contribution in [2.24, 2.45) is 5.92 Å². The predicted molar refractivity (Wildman–Crippen MR) is 100 cm³/mol. The largest absolute Gasteiger partial charge is 0.480 e. The fraction of sp³-hybridized carbons (Fsp3) is 0.450. The van der Waals surface area contributed by atoms with E-state index in [4.69, 9.17) is 14.7 Å². The summed E-state index contributed by atoms with van der Waals surface area (Å²) in [5.41, 5.74) is 1.76. The van der Waals surface area contributed by atoms with Crippen molar-refractivity contribution in [3.63, 3.8) is 0 Å². The zero-order valence-electron chi connectivity index (χ0n) is 15.2. The summed E-state index contributed by atoms with van der Waals surface area (Å²) in [4.78, 5) is 9.01. The molecule has 0 amide bonds. The van der Waals surface area contributed by atoms with Gasteiger partial charge in [-0.2, -0.15) is 10.2 Å². The van der Waals surface area contributed by atoms with Crippen LogP contribution >= 0.6 is 0 Å². The number of anilines is 1. The van der Waals surface area contributed by atoms with Crippen molar-refractivity contribution in [3.8, 4) is 28.8 Å². The van der Waals surface area contributed by atoms with Gasteiger partial charge < -0.3 is 14.8 Å². The van der Waals surface area contributed by atoms with Crippen LogP contribution in [-0.4, -0.2) is 29.7 Å². The number of methoxy groups -OCH3 is 1. The Kier molecular flexibility index (Phi) is 5.90. The lowest BCUT2D eigenvalue weighted by Gasteiger charge is -2.27. The van der Waals surface area contributed by atoms with Crippen LogP contribution in [0.2, 0.25) is 0 Å². The van der Waals surface area contributed by atoms with E-state index >= 15 is 0 Å². The molecule has 6 heteroatoms. The monoisotopic (exact) mass is 352 g/mol. The number of rotatable bonds is 6. The van der Waals surface area contributed by atoms with Crippen LogP contribution in [0, 0.1) is 17.2 Å². The third-order valence-corrected chi connectivity index (χ3v) is 4.76. The molecule has 1 aromatic heterocycles. The molecule has 6 nitrogen and oxygen atoms in total. The molecule has 1 fully saturated rings. The fourth-order valence-corrected chi connectivity index (χ4v) is 3.22. The van der Waals surface area contributed by atoms with Crippen molar-refractivity contribution < 1.29 is 9.47 Å². The number of aromatic nitrogens is 2. The van der Waals surface area contributed by atoms with Gasteiger partial charge in [0.1, 0.15) is 11.8 Å². The molecule has 0 saturated heterocycles. The summed E-state index contributed by atoms with van der Waals surface area (Å²) in [5, 5.41) is 12.0. The Morgan fingerprint density at radius 3 is 2.58 bits per heavy atom. The van der Waals surface area contributed by atoms with Crippen LogP contribution in [0.5, 0.6) is 11.6 Å². The third kappa shape index (κ3) is 4.42. The lowest BCUT2D eigenvalue weighted by Crippen LogP contribution is -2.26. The zero-order chi connectivity index (χ0) is 18.4. The molecule has 0 aliphatic heterocycles. The van der Waals surface area contributed by atoms with Gasteiger partial charge in [-0.25, -0.2) is 4.98 Å². The molecule has 0 radical (unpaired) electrons. The van der Waals surface area contributed by atoms with Crippen molar-refractivity contribution in [2.75, 3.05) is 19.0 Å². The van der Waals surface area contributed by atoms with E-state index in [0.717, 1.165) is 29.9 Å². The first-order valence-electron chi connectivity index (χ1n) is 8.97. The molecule has 0 bridgehead atoms. The minimum atomic E-state index is 0.0338. The molecule has 0 spiro atoms. The second kappa shape index (κ2) is 8.52. The summed E-state index contributed by atoms with van der Waals surface area (Å²) >= 11 is 0. The summed E-state index contributed by atoms with van der Waals surface area (Å²) in [6, 6.07) is 9.84. The quantitative estimate of drug-likeness (QED) is 0.845. The van der Waals surface area contributed by atoms with Crippen LogP contribution in [0.15, 0.2) is 30.5 Å². The van der Waals surface area contributed by atoms with Crippen LogP contribution < -0.4 is 14.8 Å². The molecule has 1 heterocycles. The summed E-state index contributed by atoms with van der Waals surface area (Å²) in [5.74, 6) is 2.61. The highest BCUT2D eigenvalue weighted by atomic mass is 16.5. The number of benzene rings is 1. The maximum Gasteiger partial charge on any atom is 0.226 e. The summed E-state index contributed by atoms with van der Waals surface area (Å²) in [6.07, 6.45) is 6.57. The van der Waals surface area contributed by atoms with Gasteiger partial charge in [0.15, 0.2) is 6.61 Å². The number of nitriles is 1. The van der Waals surface area contributed by atoms with Gasteiger partial charge in [-0.05, 0) is 49.3 Å². The molecule has 1 aliphatic carbocycles. The first-order chi connectivity index (χ1) is 12.7. The molecule has 136 valence electrons. The van der Waals surface area contributed by atoms with Gasteiger partial charge in [-0.3, -0.25) is 0 Å². The number of nitrogens with one attached hydrogen (secondary N) is 1. The van der Waals surface area contributed by atoms with E-state index in [1.807, 2.05) is 30.3 Å². The van der Waals surface area contributed by atoms with Gasteiger partial charge >= 0.3 is 0 Å². The second-order valence-corrected chi connectivity index (χ2v) is 6.69. The van der Waals surface area contributed by atoms with E-state index in [2.05, 4.69) is 22.2 Å². The Bertz CT molecular complexity index is 762. The van der Waals surface area contributed by atoms with Crippen molar-refractivity contribution in [1.82, 2.24) is 9.97 Å². The fourth-order valence-electron chi connectivity index (χ4n) is 3.22. The minimum absolute atomic E-state index is 0.0338. The van der Waals surface area contributed by atoms with Gasteiger partial charge in [0, 0.05) is 12.2 Å². The van der Waals surface area contributed by atoms with Gasteiger partial charge in [-0.1, -0.05) is 19.1 Å². The SMILES string of the molecule is COc1nc(NC2CCC(C)CC2)ncc1-c1ccc(OCC#N)cc1. The van der Waals surface area contributed by atoms with E-state index in [-0.39, 0.29) is 6.61 Å². The van der Waals surface area contributed by atoms with Crippen molar-refractivity contribution in [2.45, 2.75) is 38.6 Å². The highest BCUT2D eigenvalue weighted by molar-refractivity contribution is 5.69. The first kappa shape index (κ1) is 18.0. The van der Waals surface area contributed by atoms with Gasteiger partial charge in [-0.15, -0.1) is 0 Å². The van der Waals surface area contributed by atoms with Crippen LogP contribution in [0.1, 0.15) is 32.6 Å². The van der Waals surface area contributed by atoms with Crippen LogP contribution in [0.3, 0.4) is 0 Å². The molecule has 0 unspecified atom stereocenters.